The van der Waals surface area contributed by atoms with E-state index in [0.717, 1.165) is 18.4 Å². The first-order valence-electron chi connectivity index (χ1n) is 8.02. The molecule has 3 rings (SSSR count). The van der Waals surface area contributed by atoms with E-state index in [1.165, 1.54) is 32.9 Å². The summed E-state index contributed by atoms with van der Waals surface area (Å²) in [5.41, 5.74) is 0.872. The quantitative estimate of drug-likeness (QED) is 0.926. The van der Waals surface area contributed by atoms with Gasteiger partial charge in [0.1, 0.15) is 6.61 Å². The molecule has 1 amide bonds. The molecule has 5 heteroatoms. The average molecular weight is 305 g/mol. The number of aryl methyl sites for hydroxylation is 1. The third-order valence-corrected chi connectivity index (χ3v) is 4.07. The van der Waals surface area contributed by atoms with Gasteiger partial charge in [-0.15, -0.1) is 0 Å². The standard InChI is InChI=1S/C12H16N2O2.C5H11N/c1-9-4-3-7-13-11(9)16-8-12(5-6-12)14-10(2)15;1-6-4-2-3-5-6/h3-4,7H,5-6,8H2,1-2H3,(H,14,15);2-5H2,1H3. The maximum Gasteiger partial charge on any atom is 0.217 e. The van der Waals surface area contributed by atoms with Gasteiger partial charge in [-0.2, -0.15) is 0 Å². The van der Waals surface area contributed by atoms with E-state index < -0.39 is 0 Å². The molecule has 2 aliphatic rings. The Bertz CT molecular complexity index is 494. The Morgan fingerprint density at radius 3 is 2.55 bits per heavy atom. The molecule has 0 aromatic carbocycles. The van der Waals surface area contributed by atoms with Gasteiger partial charge in [-0.25, -0.2) is 4.98 Å². The molecule has 1 aliphatic heterocycles. The fourth-order valence-electron chi connectivity index (χ4n) is 2.53. The molecule has 0 atom stereocenters. The first-order chi connectivity index (χ1) is 10.5. The zero-order chi connectivity index (χ0) is 16.0. The Kier molecular flexibility index (Phi) is 5.77. The summed E-state index contributed by atoms with van der Waals surface area (Å²) < 4.78 is 5.64. The number of nitrogens with one attached hydrogen (secondary N) is 1. The summed E-state index contributed by atoms with van der Waals surface area (Å²) in [6.45, 7) is 6.64. The van der Waals surface area contributed by atoms with Crippen molar-refractivity contribution in [2.75, 3.05) is 26.7 Å². The molecule has 5 nitrogen and oxygen atoms in total. The highest BCUT2D eigenvalue weighted by Crippen LogP contribution is 2.35. The van der Waals surface area contributed by atoms with E-state index >= 15 is 0 Å². The van der Waals surface area contributed by atoms with Crippen LogP contribution in [0.15, 0.2) is 18.3 Å². The van der Waals surface area contributed by atoms with Gasteiger partial charge in [0.2, 0.25) is 11.8 Å². The van der Waals surface area contributed by atoms with Crippen LogP contribution in [0.5, 0.6) is 5.88 Å². The van der Waals surface area contributed by atoms with Crippen LogP contribution in [0.4, 0.5) is 0 Å². The zero-order valence-electron chi connectivity index (χ0n) is 13.9. The Morgan fingerprint density at radius 2 is 2.09 bits per heavy atom. The van der Waals surface area contributed by atoms with Crippen LogP contribution in [-0.4, -0.2) is 48.1 Å². The largest absolute Gasteiger partial charge is 0.475 e. The number of nitrogens with zero attached hydrogens (tertiary/aromatic N) is 2. The summed E-state index contributed by atoms with van der Waals surface area (Å²) in [6.07, 6.45) is 6.50. The lowest BCUT2D eigenvalue weighted by atomic mass is 10.3. The third kappa shape index (κ3) is 5.30. The van der Waals surface area contributed by atoms with Crippen molar-refractivity contribution in [3.8, 4) is 5.88 Å². The minimum atomic E-state index is -0.143. The summed E-state index contributed by atoms with van der Waals surface area (Å²) in [6, 6.07) is 3.84. The van der Waals surface area contributed by atoms with Crippen molar-refractivity contribution >= 4 is 5.91 Å². The summed E-state index contributed by atoms with van der Waals surface area (Å²) in [5, 5.41) is 2.93. The number of ether oxygens (including phenoxy) is 1. The average Bonchev–Trinajstić information content (AvgIpc) is 3.05. The minimum absolute atomic E-state index is 0.00107. The van der Waals surface area contributed by atoms with Gasteiger partial charge in [-0.1, -0.05) is 6.07 Å². The molecular formula is C17H27N3O2. The molecule has 0 spiro atoms. The van der Waals surface area contributed by atoms with E-state index in [-0.39, 0.29) is 11.4 Å². The highest BCUT2D eigenvalue weighted by molar-refractivity contribution is 5.74. The zero-order valence-corrected chi connectivity index (χ0v) is 13.9. The van der Waals surface area contributed by atoms with Gasteiger partial charge in [0.25, 0.3) is 0 Å². The highest BCUT2D eigenvalue weighted by Gasteiger charge is 2.44. The molecule has 122 valence electrons. The fraction of sp³-hybridized carbons (Fsp3) is 0.647. The van der Waals surface area contributed by atoms with Gasteiger partial charge >= 0.3 is 0 Å². The maximum atomic E-state index is 11.0. The Morgan fingerprint density at radius 1 is 1.41 bits per heavy atom. The Labute approximate surface area is 133 Å². The molecule has 0 bridgehead atoms. The van der Waals surface area contributed by atoms with E-state index in [2.05, 4.69) is 22.2 Å². The molecule has 2 heterocycles. The van der Waals surface area contributed by atoms with Crippen LogP contribution in [0.3, 0.4) is 0 Å². The van der Waals surface area contributed by atoms with Crippen LogP contribution >= 0.6 is 0 Å². The van der Waals surface area contributed by atoms with Crippen molar-refractivity contribution in [2.24, 2.45) is 0 Å². The molecule has 22 heavy (non-hydrogen) atoms. The molecular weight excluding hydrogens is 278 g/mol. The number of amides is 1. The normalized spacial score (nSPS) is 19.0. The number of hydrogen-bond acceptors (Lipinski definition) is 4. The molecule has 0 unspecified atom stereocenters. The van der Waals surface area contributed by atoms with Crippen molar-refractivity contribution in [3.63, 3.8) is 0 Å². The van der Waals surface area contributed by atoms with E-state index in [9.17, 15) is 4.79 Å². The van der Waals surface area contributed by atoms with E-state index in [0.29, 0.717) is 12.5 Å². The summed E-state index contributed by atoms with van der Waals surface area (Å²) in [5.74, 6) is 0.651. The van der Waals surface area contributed by atoms with Crippen LogP contribution in [0.25, 0.3) is 0 Å². The van der Waals surface area contributed by atoms with E-state index in [1.807, 2.05) is 19.1 Å². The molecule has 1 N–H and O–H groups in total. The monoisotopic (exact) mass is 305 g/mol. The van der Waals surface area contributed by atoms with Gasteiger partial charge in [-0.3, -0.25) is 4.79 Å². The molecule has 0 radical (unpaired) electrons. The number of rotatable bonds is 4. The molecule has 1 saturated heterocycles. The minimum Gasteiger partial charge on any atom is -0.475 e. The summed E-state index contributed by atoms with van der Waals surface area (Å²) in [7, 11) is 2.17. The van der Waals surface area contributed by atoms with Gasteiger partial charge in [0.15, 0.2) is 0 Å². The second kappa shape index (κ2) is 7.58. The lowest BCUT2D eigenvalue weighted by molar-refractivity contribution is -0.120. The summed E-state index contributed by atoms with van der Waals surface area (Å²) in [4.78, 5) is 17.5. The predicted octanol–water partition coefficient (Wildman–Crippen LogP) is 2.15. The van der Waals surface area contributed by atoms with Gasteiger partial charge in [0, 0.05) is 18.7 Å². The second-order valence-corrected chi connectivity index (χ2v) is 6.39. The lowest BCUT2D eigenvalue weighted by Gasteiger charge is -2.17. The lowest BCUT2D eigenvalue weighted by Crippen LogP contribution is -2.40. The van der Waals surface area contributed by atoms with Crippen LogP contribution in [0.1, 0.15) is 38.2 Å². The number of carbonyl (C=O) groups is 1. The number of carbonyl (C=O) groups excluding carboxylic acids is 1. The topological polar surface area (TPSA) is 54.5 Å². The second-order valence-electron chi connectivity index (χ2n) is 6.39. The van der Waals surface area contributed by atoms with Gasteiger partial charge in [0.05, 0.1) is 5.54 Å². The van der Waals surface area contributed by atoms with Crippen LogP contribution in [0, 0.1) is 6.92 Å². The van der Waals surface area contributed by atoms with Crippen molar-refractivity contribution < 1.29 is 9.53 Å². The van der Waals surface area contributed by atoms with Gasteiger partial charge < -0.3 is 15.0 Å². The van der Waals surface area contributed by atoms with Crippen molar-refractivity contribution in [3.05, 3.63) is 23.9 Å². The molecule has 2 fully saturated rings. The Hall–Kier alpha value is -1.62. The molecule has 1 saturated carbocycles. The number of likely N-dealkylation sites (tertiary alicyclic amines) is 1. The maximum absolute atomic E-state index is 11.0. The van der Waals surface area contributed by atoms with Crippen molar-refractivity contribution in [1.29, 1.82) is 0 Å². The highest BCUT2D eigenvalue weighted by atomic mass is 16.5. The molecule has 1 aromatic heterocycles. The van der Waals surface area contributed by atoms with E-state index in [1.54, 1.807) is 6.20 Å². The van der Waals surface area contributed by atoms with Crippen LogP contribution in [-0.2, 0) is 4.79 Å². The first kappa shape index (κ1) is 16.7. The first-order valence-corrected chi connectivity index (χ1v) is 8.02. The Balaban J connectivity index is 0.000000246. The smallest absolute Gasteiger partial charge is 0.217 e. The number of aromatic nitrogens is 1. The van der Waals surface area contributed by atoms with Crippen molar-refractivity contribution in [2.45, 2.75) is 45.1 Å². The molecule has 1 aromatic rings. The van der Waals surface area contributed by atoms with Crippen LogP contribution in [0.2, 0.25) is 0 Å². The van der Waals surface area contributed by atoms with Crippen LogP contribution < -0.4 is 10.1 Å². The fourth-order valence-corrected chi connectivity index (χ4v) is 2.53. The van der Waals surface area contributed by atoms with E-state index in [4.69, 9.17) is 4.74 Å². The van der Waals surface area contributed by atoms with Crippen molar-refractivity contribution in [1.82, 2.24) is 15.2 Å². The SMILES string of the molecule is CC(=O)NC1(COc2ncccc2C)CC1.CN1CCCC1. The third-order valence-electron chi connectivity index (χ3n) is 4.07. The number of pyridine rings is 1. The molecule has 1 aliphatic carbocycles. The predicted molar refractivity (Wildman–Crippen MR) is 87.0 cm³/mol. The summed E-state index contributed by atoms with van der Waals surface area (Å²) >= 11 is 0. The van der Waals surface area contributed by atoms with Gasteiger partial charge in [-0.05, 0) is 58.8 Å². The number of hydrogen-bond donors (Lipinski definition) is 1.